The minimum Gasteiger partial charge on any atom is -0.444 e. The highest BCUT2D eigenvalue weighted by Gasteiger charge is 2.36. The van der Waals surface area contributed by atoms with Crippen LogP contribution in [0.5, 0.6) is 0 Å². The molecule has 1 fully saturated rings. The Morgan fingerprint density at radius 3 is 2.78 bits per heavy atom. The van der Waals surface area contributed by atoms with Crippen molar-refractivity contribution in [1.82, 2.24) is 20.0 Å². The Kier molecular flexibility index (Phi) is 4.02. The molecule has 0 N–H and O–H groups in total. The normalized spacial score (nSPS) is 18.2. The summed E-state index contributed by atoms with van der Waals surface area (Å²) < 4.78 is 10.8. The Balaban J connectivity index is 1.78. The van der Waals surface area contributed by atoms with Crippen LogP contribution in [0.25, 0.3) is 11.4 Å². The van der Waals surface area contributed by atoms with Crippen molar-refractivity contribution >= 4 is 6.09 Å². The number of ether oxygens (including phenoxy) is 1. The molecule has 3 heterocycles. The molecule has 1 unspecified atom stereocenters. The summed E-state index contributed by atoms with van der Waals surface area (Å²) in [5.74, 6) is 0.943. The van der Waals surface area contributed by atoms with Gasteiger partial charge in [-0.25, -0.2) is 4.79 Å². The molecule has 23 heavy (non-hydrogen) atoms. The number of hydrogen-bond acceptors (Lipinski definition) is 6. The first-order chi connectivity index (χ1) is 10.9. The lowest BCUT2D eigenvalue weighted by Gasteiger charge is -2.26. The van der Waals surface area contributed by atoms with Crippen LogP contribution in [0.1, 0.15) is 45.5 Å². The van der Waals surface area contributed by atoms with Crippen molar-refractivity contribution in [3.63, 3.8) is 0 Å². The Morgan fingerprint density at radius 2 is 2.09 bits per heavy atom. The predicted molar refractivity (Wildman–Crippen MR) is 82.4 cm³/mol. The van der Waals surface area contributed by atoms with Gasteiger partial charge in [0.2, 0.25) is 11.7 Å². The molecular formula is C16H20N4O3. The number of pyridine rings is 1. The fourth-order valence-electron chi connectivity index (χ4n) is 2.55. The number of amides is 1. The Morgan fingerprint density at radius 1 is 1.35 bits per heavy atom. The molecule has 122 valence electrons. The van der Waals surface area contributed by atoms with E-state index < -0.39 is 5.60 Å². The SMILES string of the molecule is CC(C)(C)OC(=O)N1CCCC1c1nc(-c2ccncc2)no1. The molecule has 0 aromatic carbocycles. The molecule has 7 heteroatoms. The highest BCUT2D eigenvalue weighted by atomic mass is 16.6. The predicted octanol–water partition coefficient (Wildman–Crippen LogP) is 3.20. The number of hydrogen-bond donors (Lipinski definition) is 0. The third-order valence-corrected chi connectivity index (χ3v) is 3.55. The molecule has 1 amide bonds. The Labute approximate surface area is 134 Å². The van der Waals surface area contributed by atoms with Gasteiger partial charge in [0.1, 0.15) is 11.6 Å². The zero-order valence-electron chi connectivity index (χ0n) is 13.5. The summed E-state index contributed by atoms with van der Waals surface area (Å²) in [5, 5.41) is 4.01. The number of carbonyl (C=O) groups excluding carboxylic acids is 1. The molecule has 0 spiro atoms. The van der Waals surface area contributed by atoms with E-state index in [9.17, 15) is 4.79 Å². The Bertz CT molecular complexity index is 678. The van der Waals surface area contributed by atoms with Crippen LogP contribution >= 0.6 is 0 Å². The van der Waals surface area contributed by atoms with Gasteiger partial charge in [0, 0.05) is 24.5 Å². The van der Waals surface area contributed by atoms with E-state index in [0.717, 1.165) is 18.4 Å². The summed E-state index contributed by atoms with van der Waals surface area (Å²) in [7, 11) is 0. The average Bonchev–Trinajstić information content (AvgIpc) is 3.15. The van der Waals surface area contributed by atoms with Crippen LogP contribution in [0.2, 0.25) is 0 Å². The quantitative estimate of drug-likeness (QED) is 0.846. The van der Waals surface area contributed by atoms with Crippen LogP contribution in [0.15, 0.2) is 29.0 Å². The van der Waals surface area contributed by atoms with Gasteiger partial charge in [-0.2, -0.15) is 4.98 Å². The monoisotopic (exact) mass is 316 g/mol. The summed E-state index contributed by atoms with van der Waals surface area (Å²) in [4.78, 5) is 22.4. The average molecular weight is 316 g/mol. The van der Waals surface area contributed by atoms with E-state index in [1.165, 1.54) is 0 Å². The van der Waals surface area contributed by atoms with Crippen molar-refractivity contribution < 1.29 is 14.1 Å². The maximum Gasteiger partial charge on any atom is 0.410 e. The van der Waals surface area contributed by atoms with E-state index >= 15 is 0 Å². The Hall–Kier alpha value is -2.44. The third kappa shape index (κ3) is 3.49. The zero-order chi connectivity index (χ0) is 16.4. The summed E-state index contributed by atoms with van der Waals surface area (Å²) in [6, 6.07) is 3.40. The van der Waals surface area contributed by atoms with Crippen LogP contribution < -0.4 is 0 Å². The topological polar surface area (TPSA) is 81.4 Å². The van der Waals surface area contributed by atoms with Gasteiger partial charge in [0.15, 0.2) is 0 Å². The lowest BCUT2D eigenvalue weighted by molar-refractivity contribution is 0.0199. The van der Waals surface area contributed by atoms with Gasteiger partial charge in [-0.05, 0) is 45.7 Å². The maximum absolute atomic E-state index is 12.3. The molecule has 2 aromatic heterocycles. The number of rotatable bonds is 2. The second-order valence-corrected chi connectivity index (χ2v) is 6.52. The first-order valence-corrected chi connectivity index (χ1v) is 7.68. The molecule has 1 atom stereocenters. The molecule has 0 saturated carbocycles. The summed E-state index contributed by atoms with van der Waals surface area (Å²) in [6.45, 7) is 6.19. The van der Waals surface area contributed by atoms with E-state index in [1.54, 1.807) is 17.3 Å². The lowest BCUT2D eigenvalue weighted by Crippen LogP contribution is -2.36. The van der Waals surface area contributed by atoms with E-state index in [1.807, 2.05) is 32.9 Å². The van der Waals surface area contributed by atoms with Crippen molar-refractivity contribution in [2.75, 3.05) is 6.54 Å². The van der Waals surface area contributed by atoms with E-state index in [-0.39, 0.29) is 12.1 Å². The zero-order valence-corrected chi connectivity index (χ0v) is 13.5. The molecular weight excluding hydrogens is 296 g/mol. The van der Waals surface area contributed by atoms with Crippen molar-refractivity contribution in [2.24, 2.45) is 0 Å². The van der Waals surface area contributed by atoms with Crippen LogP contribution in [-0.4, -0.2) is 38.3 Å². The van der Waals surface area contributed by atoms with Gasteiger partial charge in [-0.1, -0.05) is 5.16 Å². The maximum atomic E-state index is 12.3. The smallest absolute Gasteiger partial charge is 0.410 e. The van der Waals surface area contributed by atoms with E-state index in [2.05, 4.69) is 15.1 Å². The first-order valence-electron chi connectivity index (χ1n) is 7.68. The largest absolute Gasteiger partial charge is 0.444 e. The number of likely N-dealkylation sites (tertiary alicyclic amines) is 1. The van der Waals surface area contributed by atoms with Crippen molar-refractivity contribution in [1.29, 1.82) is 0 Å². The van der Waals surface area contributed by atoms with Gasteiger partial charge in [-0.3, -0.25) is 9.88 Å². The molecule has 2 aromatic rings. The van der Waals surface area contributed by atoms with Gasteiger partial charge in [-0.15, -0.1) is 0 Å². The molecule has 0 aliphatic carbocycles. The van der Waals surface area contributed by atoms with Crippen molar-refractivity contribution in [3.05, 3.63) is 30.4 Å². The fourth-order valence-corrected chi connectivity index (χ4v) is 2.55. The van der Waals surface area contributed by atoms with Crippen molar-refractivity contribution in [3.8, 4) is 11.4 Å². The van der Waals surface area contributed by atoms with Gasteiger partial charge < -0.3 is 9.26 Å². The van der Waals surface area contributed by atoms with Crippen LogP contribution in [0.4, 0.5) is 4.79 Å². The molecule has 0 bridgehead atoms. The van der Waals surface area contributed by atoms with Crippen molar-refractivity contribution in [2.45, 2.75) is 45.3 Å². The summed E-state index contributed by atoms with van der Waals surface area (Å²) >= 11 is 0. The molecule has 7 nitrogen and oxygen atoms in total. The van der Waals surface area contributed by atoms with E-state index in [4.69, 9.17) is 9.26 Å². The minimum atomic E-state index is -0.527. The lowest BCUT2D eigenvalue weighted by atomic mass is 10.2. The van der Waals surface area contributed by atoms with Gasteiger partial charge in [0.25, 0.3) is 0 Å². The number of aromatic nitrogens is 3. The number of nitrogens with zero attached hydrogens (tertiary/aromatic N) is 4. The van der Waals surface area contributed by atoms with Crippen LogP contribution in [0, 0.1) is 0 Å². The summed E-state index contributed by atoms with van der Waals surface area (Å²) in [5.41, 5.74) is 0.304. The van der Waals surface area contributed by atoms with E-state index in [0.29, 0.717) is 18.3 Å². The third-order valence-electron chi connectivity index (χ3n) is 3.55. The highest BCUT2D eigenvalue weighted by molar-refractivity contribution is 5.69. The fraction of sp³-hybridized carbons (Fsp3) is 0.500. The molecule has 0 radical (unpaired) electrons. The van der Waals surface area contributed by atoms with Crippen LogP contribution in [-0.2, 0) is 4.74 Å². The van der Waals surface area contributed by atoms with Gasteiger partial charge >= 0.3 is 6.09 Å². The highest BCUT2D eigenvalue weighted by Crippen LogP contribution is 2.33. The first kappa shape index (κ1) is 15.5. The number of carbonyl (C=O) groups is 1. The van der Waals surface area contributed by atoms with Gasteiger partial charge in [0.05, 0.1) is 0 Å². The molecule has 1 saturated heterocycles. The second-order valence-electron chi connectivity index (χ2n) is 6.52. The second kappa shape index (κ2) is 5.98. The minimum absolute atomic E-state index is 0.229. The standard InChI is InChI=1S/C16H20N4O3/c1-16(2,3)22-15(21)20-10-4-5-12(20)14-18-13(19-23-14)11-6-8-17-9-7-11/h6-9,12H,4-5,10H2,1-3H3. The molecule has 3 rings (SSSR count). The summed E-state index contributed by atoms with van der Waals surface area (Å²) in [6.07, 6.45) is 4.68. The molecule has 1 aliphatic rings. The van der Waals surface area contributed by atoms with Crippen LogP contribution in [0.3, 0.4) is 0 Å². The molecule has 1 aliphatic heterocycles.